The van der Waals surface area contributed by atoms with Gasteiger partial charge in [0.1, 0.15) is 11.9 Å². The van der Waals surface area contributed by atoms with Crippen LogP contribution in [0.3, 0.4) is 0 Å². The van der Waals surface area contributed by atoms with Crippen molar-refractivity contribution < 1.29 is 13.2 Å². The summed E-state index contributed by atoms with van der Waals surface area (Å²) in [6.45, 7) is 5.35. The predicted molar refractivity (Wildman–Crippen MR) is 101 cm³/mol. The highest BCUT2D eigenvalue weighted by Gasteiger charge is 2.25. The molecule has 0 bridgehead atoms. The van der Waals surface area contributed by atoms with Crippen molar-refractivity contribution in [3.8, 4) is 0 Å². The molecule has 0 aromatic carbocycles. The molecule has 4 heterocycles. The van der Waals surface area contributed by atoms with Gasteiger partial charge in [0.05, 0.1) is 35.3 Å². The van der Waals surface area contributed by atoms with Crippen molar-refractivity contribution in [1.82, 2.24) is 24.5 Å². The molecule has 0 radical (unpaired) electrons. The second kappa shape index (κ2) is 7.45. The number of morpholine rings is 1. The third kappa shape index (κ3) is 3.90. The topological polar surface area (TPSA) is 87.7 Å². The van der Waals surface area contributed by atoms with Gasteiger partial charge in [0, 0.05) is 39.3 Å². The number of sulfonamides is 1. The Kier molecular flexibility index (Phi) is 5.22. The van der Waals surface area contributed by atoms with E-state index in [-0.39, 0.29) is 6.10 Å². The summed E-state index contributed by atoms with van der Waals surface area (Å²) in [6.07, 6.45) is 1.22. The Bertz CT molecular complexity index is 871. The Morgan fingerprint density at radius 1 is 1.31 bits per heavy atom. The maximum Gasteiger partial charge on any atom is 0.211 e. The van der Waals surface area contributed by atoms with Gasteiger partial charge in [-0.05, 0) is 11.4 Å². The number of rotatable bonds is 4. The molecule has 2 aromatic rings. The lowest BCUT2D eigenvalue weighted by atomic mass is 10.2. The van der Waals surface area contributed by atoms with E-state index in [2.05, 4.69) is 10.2 Å². The first kappa shape index (κ1) is 18.2. The molecule has 1 N–H and O–H groups in total. The Balaban J connectivity index is 1.52. The molecule has 2 aliphatic rings. The highest BCUT2D eigenvalue weighted by molar-refractivity contribution is 7.88. The lowest BCUT2D eigenvalue weighted by molar-refractivity contribution is 0.0258. The number of piperazine rings is 1. The number of nitrogens with zero attached hydrogens (tertiary/aromatic N) is 4. The fourth-order valence-electron chi connectivity index (χ4n) is 3.39. The van der Waals surface area contributed by atoms with Crippen LogP contribution in [0, 0.1) is 0 Å². The predicted octanol–water partition coefficient (Wildman–Crippen LogP) is 0.429. The molecule has 1 atom stereocenters. The molecule has 0 amide bonds. The average Bonchev–Trinajstić information content (AvgIpc) is 3.10. The van der Waals surface area contributed by atoms with Crippen LogP contribution < -0.4 is 5.32 Å². The van der Waals surface area contributed by atoms with Gasteiger partial charge in [-0.1, -0.05) is 0 Å². The normalized spacial score (nSPS) is 23.5. The Hall–Kier alpha value is -1.17. The summed E-state index contributed by atoms with van der Waals surface area (Å²) < 4.78 is 31.8. The van der Waals surface area contributed by atoms with Gasteiger partial charge in [0.2, 0.25) is 10.0 Å². The van der Waals surface area contributed by atoms with Crippen molar-refractivity contribution in [3.63, 3.8) is 0 Å². The quantitative estimate of drug-likeness (QED) is 0.800. The lowest BCUT2D eigenvalue weighted by Gasteiger charge is -2.32. The van der Waals surface area contributed by atoms with Crippen molar-refractivity contribution in [3.05, 3.63) is 23.0 Å². The SMILES string of the molecule is CS(=O)(=O)N1CCN(Cc2nc(C3CNCCO3)c3sccc3n2)CC1. The number of fused-ring (bicyclic) bond motifs is 1. The Morgan fingerprint density at radius 2 is 2.12 bits per heavy atom. The van der Waals surface area contributed by atoms with E-state index in [0.717, 1.165) is 34.8 Å². The van der Waals surface area contributed by atoms with Gasteiger partial charge < -0.3 is 10.1 Å². The average molecular weight is 398 g/mol. The fraction of sp³-hybridized carbons (Fsp3) is 0.625. The molecule has 8 nitrogen and oxygen atoms in total. The molecule has 10 heteroatoms. The molecule has 4 rings (SSSR count). The minimum absolute atomic E-state index is 0.0475. The minimum atomic E-state index is -3.11. The maximum atomic E-state index is 11.7. The van der Waals surface area contributed by atoms with Gasteiger partial charge >= 0.3 is 0 Å². The monoisotopic (exact) mass is 397 g/mol. The van der Waals surface area contributed by atoms with Crippen molar-refractivity contribution in [2.24, 2.45) is 0 Å². The van der Waals surface area contributed by atoms with E-state index in [0.29, 0.717) is 39.3 Å². The van der Waals surface area contributed by atoms with Crippen molar-refractivity contribution in [2.45, 2.75) is 12.6 Å². The summed E-state index contributed by atoms with van der Waals surface area (Å²) in [7, 11) is -3.11. The zero-order valence-corrected chi connectivity index (χ0v) is 16.4. The van der Waals surface area contributed by atoms with Crippen LogP contribution in [0.5, 0.6) is 0 Å². The van der Waals surface area contributed by atoms with Crippen LogP contribution in [-0.4, -0.2) is 79.7 Å². The molecular formula is C16H23N5O3S2. The molecular weight excluding hydrogens is 374 g/mol. The zero-order valence-electron chi connectivity index (χ0n) is 14.7. The molecule has 1 unspecified atom stereocenters. The van der Waals surface area contributed by atoms with Gasteiger partial charge in [-0.3, -0.25) is 4.90 Å². The standard InChI is InChI=1S/C16H23N5O3S2/c1-26(22,23)21-6-4-20(5-7-21)11-14-18-12-2-9-25-16(12)15(19-14)13-10-17-3-8-24-13/h2,9,13,17H,3-8,10-11H2,1H3. The summed E-state index contributed by atoms with van der Waals surface area (Å²) in [5.41, 5.74) is 1.92. The number of hydrogen-bond donors (Lipinski definition) is 1. The Labute approximate surface area is 157 Å². The summed E-state index contributed by atoms with van der Waals surface area (Å²) >= 11 is 1.65. The van der Waals surface area contributed by atoms with Gasteiger partial charge in [0.15, 0.2) is 0 Å². The van der Waals surface area contributed by atoms with Crippen molar-refractivity contribution >= 4 is 31.6 Å². The summed E-state index contributed by atoms with van der Waals surface area (Å²) in [4.78, 5) is 11.7. The number of thiophene rings is 1. The molecule has 2 aromatic heterocycles. The molecule has 2 fully saturated rings. The molecule has 0 saturated carbocycles. The van der Waals surface area contributed by atoms with Crippen LogP contribution in [0.2, 0.25) is 0 Å². The highest BCUT2D eigenvalue weighted by Crippen LogP contribution is 2.29. The molecule has 26 heavy (non-hydrogen) atoms. The van der Waals surface area contributed by atoms with Crippen LogP contribution in [-0.2, 0) is 21.3 Å². The number of hydrogen-bond acceptors (Lipinski definition) is 8. The van der Waals surface area contributed by atoms with Crippen LogP contribution in [0.15, 0.2) is 11.4 Å². The number of nitrogens with one attached hydrogen (secondary N) is 1. The largest absolute Gasteiger partial charge is 0.369 e. The van der Waals surface area contributed by atoms with Crippen molar-refractivity contribution in [1.29, 1.82) is 0 Å². The van der Waals surface area contributed by atoms with Crippen LogP contribution in [0.25, 0.3) is 10.2 Å². The first-order chi connectivity index (χ1) is 12.5. The molecule has 2 saturated heterocycles. The fourth-order valence-corrected chi connectivity index (χ4v) is 5.08. The summed E-state index contributed by atoms with van der Waals surface area (Å²) in [5.74, 6) is 0.771. The van der Waals surface area contributed by atoms with Gasteiger partial charge in [-0.25, -0.2) is 18.4 Å². The highest BCUT2D eigenvalue weighted by atomic mass is 32.2. The van der Waals surface area contributed by atoms with E-state index in [4.69, 9.17) is 14.7 Å². The van der Waals surface area contributed by atoms with Crippen LogP contribution in [0.4, 0.5) is 0 Å². The molecule has 142 valence electrons. The third-order valence-corrected chi connectivity index (χ3v) is 7.00. The first-order valence-electron chi connectivity index (χ1n) is 8.74. The number of ether oxygens (including phenoxy) is 1. The van der Waals surface area contributed by atoms with E-state index in [1.165, 1.54) is 10.6 Å². The van der Waals surface area contributed by atoms with Crippen LogP contribution in [0.1, 0.15) is 17.6 Å². The zero-order chi connectivity index (χ0) is 18.1. The summed E-state index contributed by atoms with van der Waals surface area (Å²) in [5, 5.41) is 5.39. The van der Waals surface area contributed by atoms with Gasteiger partial charge in [-0.2, -0.15) is 4.31 Å². The first-order valence-corrected chi connectivity index (χ1v) is 11.5. The second-order valence-electron chi connectivity index (χ2n) is 6.66. The van der Waals surface area contributed by atoms with Crippen molar-refractivity contribution in [2.75, 3.05) is 52.1 Å². The van der Waals surface area contributed by atoms with E-state index < -0.39 is 10.0 Å². The molecule has 0 aliphatic carbocycles. The minimum Gasteiger partial charge on any atom is -0.369 e. The molecule has 0 spiro atoms. The van der Waals surface area contributed by atoms with Crippen LogP contribution >= 0.6 is 11.3 Å². The van der Waals surface area contributed by atoms with E-state index in [1.54, 1.807) is 11.3 Å². The van der Waals surface area contributed by atoms with E-state index >= 15 is 0 Å². The maximum absolute atomic E-state index is 11.7. The molecule has 2 aliphatic heterocycles. The summed E-state index contributed by atoms with van der Waals surface area (Å²) in [6, 6.07) is 2.02. The third-order valence-electron chi connectivity index (χ3n) is 4.77. The lowest BCUT2D eigenvalue weighted by Crippen LogP contribution is -2.48. The van der Waals surface area contributed by atoms with Gasteiger partial charge in [0.25, 0.3) is 0 Å². The number of aromatic nitrogens is 2. The van der Waals surface area contributed by atoms with Gasteiger partial charge in [-0.15, -0.1) is 11.3 Å². The smallest absolute Gasteiger partial charge is 0.211 e. The second-order valence-corrected chi connectivity index (χ2v) is 9.56. The Morgan fingerprint density at radius 3 is 2.81 bits per heavy atom. The van der Waals surface area contributed by atoms with E-state index in [1.807, 2.05) is 11.4 Å². The van der Waals surface area contributed by atoms with E-state index in [9.17, 15) is 8.42 Å².